The van der Waals surface area contributed by atoms with Gasteiger partial charge in [-0.2, -0.15) is 4.31 Å². The van der Waals surface area contributed by atoms with Gasteiger partial charge in [0, 0.05) is 18.0 Å². The largest absolute Gasteiger partial charge is 0.495 e. The Morgan fingerprint density at radius 1 is 1.16 bits per heavy atom. The quantitative estimate of drug-likeness (QED) is 0.452. The second-order valence-electron chi connectivity index (χ2n) is 6.71. The first-order chi connectivity index (χ1) is 15.4. The van der Waals surface area contributed by atoms with E-state index in [0.29, 0.717) is 5.69 Å². The molecule has 2 aromatic carbocycles. The van der Waals surface area contributed by atoms with Crippen molar-refractivity contribution in [2.75, 3.05) is 51.6 Å². The van der Waals surface area contributed by atoms with Crippen molar-refractivity contribution < 1.29 is 32.2 Å². The van der Waals surface area contributed by atoms with Gasteiger partial charge in [0.1, 0.15) is 10.6 Å². The van der Waals surface area contributed by atoms with Crippen LogP contribution >= 0.6 is 11.8 Å². The molecule has 0 atom stereocenters. The zero-order chi connectivity index (χ0) is 23.1. The lowest BCUT2D eigenvalue weighted by molar-refractivity contribution is -0.119. The minimum absolute atomic E-state index is 0.00468. The molecule has 0 spiro atoms. The van der Waals surface area contributed by atoms with E-state index in [1.54, 1.807) is 12.1 Å². The topological polar surface area (TPSA) is 111 Å². The monoisotopic (exact) mass is 480 g/mol. The van der Waals surface area contributed by atoms with Crippen LogP contribution in [0.15, 0.2) is 52.3 Å². The van der Waals surface area contributed by atoms with E-state index in [0.717, 1.165) is 4.90 Å². The summed E-state index contributed by atoms with van der Waals surface area (Å²) in [6.07, 6.45) is 1.89. The molecule has 0 unspecified atom stereocenters. The zero-order valence-corrected chi connectivity index (χ0v) is 19.3. The Morgan fingerprint density at radius 2 is 1.88 bits per heavy atom. The molecule has 0 aliphatic carbocycles. The molecule has 9 nitrogen and oxygen atoms in total. The second-order valence-corrected chi connectivity index (χ2v) is 9.46. The maximum Gasteiger partial charge on any atom is 0.338 e. The number of morpholine rings is 1. The molecule has 0 saturated carbocycles. The number of esters is 1. The fourth-order valence-corrected chi connectivity index (χ4v) is 5.22. The highest BCUT2D eigenvalue weighted by Crippen LogP contribution is 2.29. The van der Waals surface area contributed by atoms with Crippen LogP contribution < -0.4 is 10.1 Å². The summed E-state index contributed by atoms with van der Waals surface area (Å²) in [6.45, 7) is 0.477. The molecule has 0 aromatic heterocycles. The van der Waals surface area contributed by atoms with E-state index in [2.05, 4.69) is 5.32 Å². The normalized spacial score (nSPS) is 14.6. The van der Waals surface area contributed by atoms with Crippen molar-refractivity contribution in [3.05, 3.63) is 48.0 Å². The third-order valence-electron chi connectivity index (χ3n) is 4.70. The molecule has 1 N–H and O–H groups in total. The molecule has 3 rings (SSSR count). The van der Waals surface area contributed by atoms with Crippen LogP contribution in [0.2, 0.25) is 0 Å². The Labute approximate surface area is 191 Å². The first-order valence-corrected chi connectivity index (χ1v) is 12.4. The maximum absolute atomic E-state index is 13.0. The summed E-state index contributed by atoms with van der Waals surface area (Å²) in [5, 5.41) is 2.69. The first kappa shape index (κ1) is 24.1. The van der Waals surface area contributed by atoms with E-state index in [1.165, 1.54) is 41.4 Å². The van der Waals surface area contributed by atoms with Crippen LogP contribution in [0.3, 0.4) is 0 Å². The van der Waals surface area contributed by atoms with Gasteiger partial charge in [-0.25, -0.2) is 13.2 Å². The molecule has 0 radical (unpaired) electrons. The number of para-hydroxylation sites is 1. The number of anilines is 1. The number of hydrogen-bond acceptors (Lipinski definition) is 8. The second kappa shape index (κ2) is 10.8. The Morgan fingerprint density at radius 3 is 2.56 bits per heavy atom. The van der Waals surface area contributed by atoms with Crippen LogP contribution in [0.4, 0.5) is 5.69 Å². The molecule has 1 saturated heterocycles. The van der Waals surface area contributed by atoms with E-state index in [1.807, 2.05) is 18.4 Å². The third kappa shape index (κ3) is 5.60. The van der Waals surface area contributed by atoms with Gasteiger partial charge in [0.2, 0.25) is 10.0 Å². The highest BCUT2D eigenvalue weighted by Gasteiger charge is 2.30. The summed E-state index contributed by atoms with van der Waals surface area (Å²) in [6, 6.07) is 11.2. The van der Waals surface area contributed by atoms with Crippen LogP contribution in [0, 0.1) is 0 Å². The van der Waals surface area contributed by atoms with E-state index < -0.39 is 28.5 Å². The van der Waals surface area contributed by atoms with Crippen molar-refractivity contribution >= 4 is 39.3 Å². The Kier molecular flexibility index (Phi) is 8.13. The van der Waals surface area contributed by atoms with Gasteiger partial charge in [0.25, 0.3) is 5.91 Å². The Bertz CT molecular complexity index is 1080. The van der Waals surface area contributed by atoms with Crippen molar-refractivity contribution in [2.45, 2.75) is 9.79 Å². The van der Waals surface area contributed by atoms with E-state index in [9.17, 15) is 18.0 Å². The number of nitrogens with zero attached hydrogens (tertiary/aromatic N) is 1. The molecule has 1 heterocycles. The number of rotatable bonds is 8. The molecule has 1 aliphatic rings. The summed E-state index contributed by atoms with van der Waals surface area (Å²) >= 11 is 1.47. The van der Waals surface area contributed by atoms with Crippen LogP contribution in [0.25, 0.3) is 0 Å². The van der Waals surface area contributed by atoms with Gasteiger partial charge in [-0.05, 0) is 36.6 Å². The lowest BCUT2D eigenvalue weighted by Crippen LogP contribution is -2.40. The summed E-state index contributed by atoms with van der Waals surface area (Å²) in [7, 11) is -2.55. The third-order valence-corrected chi connectivity index (χ3v) is 7.42. The number of sulfonamides is 1. The number of carbonyl (C=O) groups excluding carboxylic acids is 2. The fourth-order valence-electron chi connectivity index (χ4n) is 3.08. The number of hydrogen-bond donors (Lipinski definition) is 1. The number of benzene rings is 2. The summed E-state index contributed by atoms with van der Waals surface area (Å²) in [5.74, 6) is -1.21. The minimum atomic E-state index is -3.90. The summed E-state index contributed by atoms with van der Waals surface area (Å²) < 4.78 is 42.9. The van der Waals surface area contributed by atoms with Crippen LogP contribution in [-0.2, 0) is 24.3 Å². The standard InChI is InChI=1S/C21H24N2O7S2/c1-28-17-8-7-15(13-19(17)32(26,27)23-9-11-29-12-10-23)21(25)30-14-20(24)22-16-5-3-4-6-18(16)31-2/h3-8,13H,9-12,14H2,1-2H3,(H,22,24). The number of carbonyl (C=O) groups is 2. The van der Waals surface area contributed by atoms with E-state index in [-0.39, 0.29) is 42.5 Å². The van der Waals surface area contributed by atoms with Crippen LogP contribution in [-0.4, -0.2) is 70.9 Å². The van der Waals surface area contributed by atoms with E-state index in [4.69, 9.17) is 14.2 Å². The van der Waals surface area contributed by atoms with Gasteiger partial charge in [-0.15, -0.1) is 11.8 Å². The highest BCUT2D eigenvalue weighted by molar-refractivity contribution is 7.98. The van der Waals surface area contributed by atoms with Crippen LogP contribution in [0.5, 0.6) is 5.75 Å². The number of methoxy groups -OCH3 is 1. The fraction of sp³-hybridized carbons (Fsp3) is 0.333. The molecular weight excluding hydrogens is 456 g/mol. The zero-order valence-electron chi connectivity index (χ0n) is 17.7. The molecular formula is C21H24N2O7S2. The van der Waals surface area contributed by atoms with Crippen LogP contribution in [0.1, 0.15) is 10.4 Å². The Balaban J connectivity index is 1.71. The summed E-state index contributed by atoms with van der Waals surface area (Å²) in [5.41, 5.74) is 0.610. The molecule has 172 valence electrons. The molecule has 32 heavy (non-hydrogen) atoms. The SMILES string of the molecule is COc1ccc(C(=O)OCC(=O)Nc2ccccc2SC)cc1S(=O)(=O)N1CCOCC1. The van der Waals surface area contributed by atoms with Gasteiger partial charge in [-0.1, -0.05) is 12.1 Å². The maximum atomic E-state index is 13.0. The number of ether oxygens (including phenoxy) is 3. The first-order valence-electron chi connectivity index (χ1n) is 9.72. The summed E-state index contributed by atoms with van der Waals surface area (Å²) in [4.78, 5) is 25.5. The predicted octanol–water partition coefficient (Wildman–Crippen LogP) is 2.23. The molecule has 0 bridgehead atoms. The lowest BCUT2D eigenvalue weighted by atomic mass is 10.2. The Hall–Kier alpha value is -2.60. The van der Waals surface area contributed by atoms with Gasteiger partial charge in [0.15, 0.2) is 6.61 Å². The van der Waals surface area contributed by atoms with Gasteiger partial charge < -0.3 is 19.5 Å². The number of nitrogens with one attached hydrogen (secondary N) is 1. The number of thioether (sulfide) groups is 1. The molecule has 11 heteroatoms. The molecule has 2 aromatic rings. The highest BCUT2D eigenvalue weighted by atomic mass is 32.2. The predicted molar refractivity (Wildman–Crippen MR) is 120 cm³/mol. The molecule has 1 fully saturated rings. The van der Waals surface area contributed by atoms with Gasteiger partial charge in [-0.3, -0.25) is 4.79 Å². The van der Waals surface area contributed by atoms with Crippen molar-refractivity contribution in [3.63, 3.8) is 0 Å². The van der Waals surface area contributed by atoms with Crippen molar-refractivity contribution in [3.8, 4) is 5.75 Å². The average molecular weight is 481 g/mol. The van der Waals surface area contributed by atoms with Gasteiger partial charge >= 0.3 is 5.97 Å². The molecule has 1 aliphatic heterocycles. The smallest absolute Gasteiger partial charge is 0.338 e. The average Bonchev–Trinajstić information content (AvgIpc) is 2.83. The van der Waals surface area contributed by atoms with Crippen molar-refractivity contribution in [1.29, 1.82) is 0 Å². The minimum Gasteiger partial charge on any atom is -0.495 e. The van der Waals surface area contributed by atoms with Gasteiger partial charge in [0.05, 0.1) is 31.6 Å². The van der Waals surface area contributed by atoms with E-state index >= 15 is 0 Å². The lowest BCUT2D eigenvalue weighted by Gasteiger charge is -2.26. The molecule has 1 amide bonds. The van der Waals surface area contributed by atoms with Crippen molar-refractivity contribution in [1.82, 2.24) is 4.31 Å². The van der Waals surface area contributed by atoms with Crippen molar-refractivity contribution in [2.24, 2.45) is 0 Å². The number of amides is 1.